The van der Waals surface area contributed by atoms with E-state index in [1.165, 1.54) is 0 Å². The quantitative estimate of drug-likeness (QED) is 0.775. The third-order valence-electron chi connectivity index (χ3n) is 2.93. The second-order valence-corrected chi connectivity index (χ2v) is 4.50. The Bertz CT molecular complexity index is 565. The van der Waals surface area contributed by atoms with Gasteiger partial charge in [0, 0.05) is 36.7 Å². The van der Waals surface area contributed by atoms with E-state index in [1.807, 2.05) is 23.9 Å². The van der Waals surface area contributed by atoms with Crippen LogP contribution in [0.1, 0.15) is 29.4 Å². The van der Waals surface area contributed by atoms with E-state index in [0.29, 0.717) is 17.9 Å². The fourth-order valence-electron chi connectivity index (χ4n) is 1.90. The van der Waals surface area contributed by atoms with Gasteiger partial charge in [0.2, 0.25) is 0 Å². The van der Waals surface area contributed by atoms with Gasteiger partial charge < -0.3 is 11.1 Å². The van der Waals surface area contributed by atoms with Crippen molar-refractivity contribution < 1.29 is 4.79 Å². The molecule has 0 aliphatic heterocycles. The van der Waals surface area contributed by atoms with Crippen molar-refractivity contribution in [3.8, 4) is 0 Å². The highest BCUT2D eigenvalue weighted by Gasteiger charge is 2.07. The monoisotopic (exact) mass is 273 g/mol. The predicted molar refractivity (Wildman–Crippen MR) is 77.2 cm³/mol. The SMILES string of the molecule is CCc1cc(C(=O)NCCCn2cccn2)cc(N)n1. The molecule has 2 aromatic rings. The first-order valence-corrected chi connectivity index (χ1v) is 6.71. The van der Waals surface area contributed by atoms with Crippen molar-refractivity contribution in [2.75, 3.05) is 12.3 Å². The lowest BCUT2D eigenvalue weighted by Crippen LogP contribution is -2.25. The minimum atomic E-state index is -0.116. The van der Waals surface area contributed by atoms with E-state index in [1.54, 1.807) is 18.3 Å². The molecule has 3 N–H and O–H groups in total. The van der Waals surface area contributed by atoms with Crippen LogP contribution < -0.4 is 11.1 Å². The molecule has 0 fully saturated rings. The summed E-state index contributed by atoms with van der Waals surface area (Å²) in [4.78, 5) is 16.2. The number of rotatable bonds is 6. The first kappa shape index (κ1) is 14.0. The lowest BCUT2D eigenvalue weighted by Gasteiger charge is -2.07. The first-order chi connectivity index (χ1) is 9.69. The molecule has 0 aliphatic rings. The molecule has 1 amide bonds. The highest BCUT2D eigenvalue weighted by molar-refractivity contribution is 5.94. The molecule has 6 heteroatoms. The largest absolute Gasteiger partial charge is 0.384 e. The van der Waals surface area contributed by atoms with Gasteiger partial charge >= 0.3 is 0 Å². The van der Waals surface area contributed by atoms with Gasteiger partial charge in [-0.2, -0.15) is 5.10 Å². The Balaban J connectivity index is 1.83. The third kappa shape index (κ3) is 3.81. The Labute approximate surface area is 118 Å². The number of pyridine rings is 1. The van der Waals surface area contributed by atoms with E-state index in [0.717, 1.165) is 25.1 Å². The van der Waals surface area contributed by atoms with Crippen molar-refractivity contribution in [2.24, 2.45) is 0 Å². The standard InChI is InChI=1S/C14H19N5O/c1-2-12-9-11(10-13(15)18-12)14(20)16-5-3-7-19-8-4-6-17-19/h4,6,8-10H,2-3,5,7H2,1H3,(H2,15,18)(H,16,20). The van der Waals surface area contributed by atoms with Crippen LogP contribution in [0.3, 0.4) is 0 Å². The van der Waals surface area contributed by atoms with E-state index < -0.39 is 0 Å². The lowest BCUT2D eigenvalue weighted by atomic mass is 10.2. The maximum absolute atomic E-state index is 12.0. The van der Waals surface area contributed by atoms with Crippen molar-refractivity contribution in [3.63, 3.8) is 0 Å². The van der Waals surface area contributed by atoms with Crippen molar-refractivity contribution in [2.45, 2.75) is 26.3 Å². The second-order valence-electron chi connectivity index (χ2n) is 4.50. The number of nitrogen functional groups attached to an aromatic ring is 1. The molecule has 0 atom stereocenters. The van der Waals surface area contributed by atoms with Gasteiger partial charge in [0.1, 0.15) is 5.82 Å². The molecular weight excluding hydrogens is 254 g/mol. The molecular formula is C14H19N5O. The summed E-state index contributed by atoms with van der Waals surface area (Å²) in [6.45, 7) is 3.36. The molecule has 2 aromatic heterocycles. The molecule has 2 heterocycles. The summed E-state index contributed by atoms with van der Waals surface area (Å²) in [5.74, 6) is 0.264. The number of nitrogens with one attached hydrogen (secondary N) is 1. The van der Waals surface area contributed by atoms with Gasteiger partial charge in [-0.05, 0) is 31.0 Å². The number of nitrogens with two attached hydrogens (primary N) is 1. The average molecular weight is 273 g/mol. The van der Waals surface area contributed by atoms with E-state index in [4.69, 9.17) is 5.73 Å². The zero-order valence-corrected chi connectivity index (χ0v) is 11.5. The summed E-state index contributed by atoms with van der Waals surface area (Å²) in [6, 6.07) is 5.26. The summed E-state index contributed by atoms with van der Waals surface area (Å²) in [5, 5.41) is 6.98. The fourth-order valence-corrected chi connectivity index (χ4v) is 1.90. The molecule has 2 rings (SSSR count). The molecule has 0 radical (unpaired) electrons. The number of carbonyl (C=O) groups is 1. The van der Waals surface area contributed by atoms with Crippen LogP contribution in [0.2, 0.25) is 0 Å². The topological polar surface area (TPSA) is 85.8 Å². The maximum Gasteiger partial charge on any atom is 0.251 e. The van der Waals surface area contributed by atoms with Crippen LogP contribution in [0.25, 0.3) is 0 Å². The third-order valence-corrected chi connectivity index (χ3v) is 2.93. The number of hydrogen-bond donors (Lipinski definition) is 2. The van der Waals surface area contributed by atoms with Gasteiger partial charge in [-0.15, -0.1) is 0 Å². The molecule has 0 bridgehead atoms. The molecule has 0 spiro atoms. The number of amides is 1. The molecule has 20 heavy (non-hydrogen) atoms. The zero-order valence-electron chi connectivity index (χ0n) is 11.5. The fraction of sp³-hybridized carbons (Fsp3) is 0.357. The number of nitrogens with zero attached hydrogens (tertiary/aromatic N) is 3. The van der Waals surface area contributed by atoms with Crippen molar-refractivity contribution in [1.82, 2.24) is 20.1 Å². The molecule has 0 unspecified atom stereocenters. The Kier molecular flexibility index (Phi) is 4.70. The van der Waals surface area contributed by atoms with Gasteiger partial charge in [0.25, 0.3) is 5.91 Å². The molecule has 0 aromatic carbocycles. The zero-order chi connectivity index (χ0) is 14.4. The van der Waals surface area contributed by atoms with Crippen LogP contribution in [0, 0.1) is 0 Å². The first-order valence-electron chi connectivity index (χ1n) is 6.71. The number of hydrogen-bond acceptors (Lipinski definition) is 4. The Morgan fingerprint density at radius 2 is 2.30 bits per heavy atom. The molecule has 0 saturated heterocycles. The highest BCUT2D eigenvalue weighted by Crippen LogP contribution is 2.08. The lowest BCUT2D eigenvalue weighted by molar-refractivity contribution is 0.0952. The van der Waals surface area contributed by atoms with Crippen LogP contribution in [0.4, 0.5) is 5.82 Å². The number of carbonyl (C=O) groups excluding carboxylic acids is 1. The van der Waals surface area contributed by atoms with Crippen molar-refractivity contribution in [1.29, 1.82) is 0 Å². The van der Waals surface area contributed by atoms with Gasteiger partial charge in [-0.3, -0.25) is 9.48 Å². The molecule has 0 aliphatic carbocycles. The van der Waals surface area contributed by atoms with Crippen LogP contribution in [-0.2, 0) is 13.0 Å². The predicted octanol–water partition coefficient (Wildman–Crippen LogP) is 1.24. The number of aromatic nitrogens is 3. The smallest absolute Gasteiger partial charge is 0.251 e. The van der Waals surface area contributed by atoms with E-state index >= 15 is 0 Å². The Morgan fingerprint density at radius 1 is 1.45 bits per heavy atom. The van der Waals surface area contributed by atoms with E-state index in [9.17, 15) is 4.79 Å². The summed E-state index contributed by atoms with van der Waals surface area (Å²) >= 11 is 0. The number of aryl methyl sites for hydroxylation is 2. The minimum Gasteiger partial charge on any atom is -0.384 e. The summed E-state index contributed by atoms with van der Waals surface area (Å²) < 4.78 is 1.84. The van der Waals surface area contributed by atoms with Crippen molar-refractivity contribution >= 4 is 11.7 Å². The van der Waals surface area contributed by atoms with Gasteiger partial charge in [-0.1, -0.05) is 6.92 Å². The van der Waals surface area contributed by atoms with Crippen LogP contribution in [-0.4, -0.2) is 27.2 Å². The maximum atomic E-state index is 12.0. The van der Waals surface area contributed by atoms with Gasteiger partial charge in [0.05, 0.1) is 0 Å². The van der Waals surface area contributed by atoms with E-state index in [2.05, 4.69) is 15.4 Å². The summed E-state index contributed by atoms with van der Waals surface area (Å²) in [7, 11) is 0. The molecule has 6 nitrogen and oxygen atoms in total. The van der Waals surface area contributed by atoms with Gasteiger partial charge in [-0.25, -0.2) is 4.98 Å². The normalized spacial score (nSPS) is 10.4. The second kappa shape index (κ2) is 6.70. The van der Waals surface area contributed by atoms with Crippen LogP contribution >= 0.6 is 0 Å². The Morgan fingerprint density at radius 3 is 3.00 bits per heavy atom. The Hall–Kier alpha value is -2.37. The van der Waals surface area contributed by atoms with Gasteiger partial charge in [0.15, 0.2) is 0 Å². The summed E-state index contributed by atoms with van der Waals surface area (Å²) in [5.41, 5.74) is 7.08. The van der Waals surface area contributed by atoms with Crippen LogP contribution in [0.5, 0.6) is 0 Å². The molecule has 0 saturated carbocycles. The van der Waals surface area contributed by atoms with Crippen LogP contribution in [0.15, 0.2) is 30.6 Å². The molecule has 106 valence electrons. The average Bonchev–Trinajstić information content (AvgIpc) is 2.95. The minimum absolute atomic E-state index is 0.116. The van der Waals surface area contributed by atoms with E-state index in [-0.39, 0.29) is 5.91 Å². The number of anilines is 1. The van der Waals surface area contributed by atoms with Crippen molar-refractivity contribution in [3.05, 3.63) is 41.9 Å². The highest BCUT2D eigenvalue weighted by atomic mass is 16.1. The summed E-state index contributed by atoms with van der Waals surface area (Å²) in [6.07, 6.45) is 5.22.